The van der Waals surface area contributed by atoms with E-state index >= 15 is 0 Å². The summed E-state index contributed by atoms with van der Waals surface area (Å²) in [7, 11) is -2.21. The first kappa shape index (κ1) is 21.2. The van der Waals surface area contributed by atoms with Gasteiger partial charge in [0.25, 0.3) is 5.91 Å². The largest absolute Gasteiger partial charge is 0.486 e. The number of carbonyl (C=O) groups excluding carboxylic acids is 2. The normalized spacial score (nSPS) is 17.3. The molecular formula is C20H24N4O6S. The molecule has 0 atom stereocenters. The van der Waals surface area contributed by atoms with Crippen molar-refractivity contribution in [3.05, 3.63) is 36.2 Å². The van der Waals surface area contributed by atoms with Gasteiger partial charge >= 0.3 is 0 Å². The molecule has 2 amide bonds. The summed E-state index contributed by atoms with van der Waals surface area (Å²) in [6.07, 6.45) is 2.16. The summed E-state index contributed by atoms with van der Waals surface area (Å²) < 4.78 is 39.6. The van der Waals surface area contributed by atoms with Crippen LogP contribution in [0.15, 0.2) is 35.4 Å². The summed E-state index contributed by atoms with van der Waals surface area (Å²) in [4.78, 5) is 24.1. The Morgan fingerprint density at radius 1 is 1.10 bits per heavy atom. The third-order valence-electron chi connectivity index (χ3n) is 5.50. The van der Waals surface area contributed by atoms with Crippen molar-refractivity contribution in [3.8, 4) is 11.5 Å². The van der Waals surface area contributed by atoms with Crippen LogP contribution in [0.2, 0.25) is 0 Å². The third-order valence-corrected chi connectivity index (χ3v) is 7.37. The molecule has 2 aromatic rings. The first-order valence-corrected chi connectivity index (χ1v) is 11.4. The molecule has 1 fully saturated rings. The molecule has 0 spiro atoms. The lowest BCUT2D eigenvalue weighted by molar-refractivity contribution is -0.120. The summed E-state index contributed by atoms with van der Waals surface area (Å²) in [5, 5.41) is 2.87. The monoisotopic (exact) mass is 448 g/mol. The summed E-state index contributed by atoms with van der Waals surface area (Å²) in [6, 6.07) is 6.49. The highest BCUT2D eigenvalue weighted by Crippen LogP contribution is 2.33. The Labute approximate surface area is 180 Å². The maximum atomic E-state index is 12.9. The number of nitrogens with one attached hydrogen (secondary N) is 1. The van der Waals surface area contributed by atoms with Crippen LogP contribution in [0.1, 0.15) is 23.3 Å². The fourth-order valence-electron chi connectivity index (χ4n) is 3.79. The van der Waals surface area contributed by atoms with E-state index in [0.717, 1.165) is 0 Å². The number of nitrogens with two attached hydrogens (primary N) is 1. The maximum Gasteiger partial charge on any atom is 0.265 e. The number of ether oxygens (including phenoxy) is 2. The zero-order chi connectivity index (χ0) is 22.2. The van der Waals surface area contributed by atoms with Gasteiger partial charge in [-0.3, -0.25) is 9.59 Å². The van der Waals surface area contributed by atoms with Crippen molar-refractivity contribution in [1.29, 1.82) is 0 Å². The number of aromatic nitrogens is 1. The van der Waals surface area contributed by atoms with Gasteiger partial charge in [-0.2, -0.15) is 4.31 Å². The van der Waals surface area contributed by atoms with Crippen molar-refractivity contribution in [3.63, 3.8) is 0 Å². The van der Waals surface area contributed by atoms with Crippen molar-refractivity contribution in [2.24, 2.45) is 18.7 Å². The average Bonchev–Trinajstić information content (AvgIpc) is 3.16. The Balaban J connectivity index is 1.38. The summed E-state index contributed by atoms with van der Waals surface area (Å²) in [6.45, 7) is 1.37. The zero-order valence-corrected chi connectivity index (χ0v) is 17.9. The molecule has 3 N–H and O–H groups in total. The number of amides is 2. The van der Waals surface area contributed by atoms with Crippen LogP contribution in [0.3, 0.4) is 0 Å². The second-order valence-corrected chi connectivity index (χ2v) is 9.50. The van der Waals surface area contributed by atoms with Gasteiger partial charge in [0.1, 0.15) is 23.8 Å². The number of hydrogen-bond acceptors (Lipinski definition) is 6. The molecule has 3 heterocycles. The lowest BCUT2D eigenvalue weighted by atomic mass is 9.97. The van der Waals surface area contributed by atoms with E-state index in [1.807, 2.05) is 0 Å². The highest BCUT2D eigenvalue weighted by molar-refractivity contribution is 7.89. The van der Waals surface area contributed by atoms with Crippen LogP contribution in [0.25, 0.3) is 0 Å². The fourth-order valence-corrected chi connectivity index (χ4v) is 5.33. The summed E-state index contributed by atoms with van der Waals surface area (Å²) in [5.41, 5.74) is 6.00. The number of fused-ring (bicyclic) bond motifs is 1. The second-order valence-electron chi connectivity index (χ2n) is 7.56. The van der Waals surface area contributed by atoms with Crippen LogP contribution in [0.4, 0.5) is 5.69 Å². The van der Waals surface area contributed by atoms with E-state index in [-0.39, 0.29) is 35.5 Å². The number of sulfonamides is 1. The predicted molar refractivity (Wildman–Crippen MR) is 111 cm³/mol. The van der Waals surface area contributed by atoms with Crippen molar-refractivity contribution < 1.29 is 27.5 Å². The molecule has 0 saturated carbocycles. The van der Waals surface area contributed by atoms with Gasteiger partial charge in [0.2, 0.25) is 15.9 Å². The van der Waals surface area contributed by atoms with E-state index in [2.05, 4.69) is 5.32 Å². The van der Waals surface area contributed by atoms with Crippen molar-refractivity contribution in [2.45, 2.75) is 17.7 Å². The molecule has 0 bridgehead atoms. The highest BCUT2D eigenvalue weighted by atomic mass is 32.2. The Bertz CT molecular complexity index is 1120. The lowest BCUT2D eigenvalue weighted by Crippen LogP contribution is -2.41. The number of hydrogen-bond donors (Lipinski definition) is 2. The molecular weight excluding hydrogens is 424 g/mol. The quantitative estimate of drug-likeness (QED) is 0.699. The Kier molecular flexibility index (Phi) is 5.63. The smallest absolute Gasteiger partial charge is 0.265 e. The first-order valence-electron chi connectivity index (χ1n) is 9.92. The number of aryl methyl sites for hydroxylation is 1. The average molecular weight is 449 g/mol. The van der Waals surface area contributed by atoms with Crippen LogP contribution in [-0.2, 0) is 21.9 Å². The van der Waals surface area contributed by atoms with Gasteiger partial charge in [0.05, 0.1) is 0 Å². The molecule has 1 saturated heterocycles. The highest BCUT2D eigenvalue weighted by Gasteiger charge is 2.33. The zero-order valence-electron chi connectivity index (χ0n) is 17.0. The molecule has 11 heteroatoms. The summed E-state index contributed by atoms with van der Waals surface area (Å²) in [5.74, 6) is 0.0610. The van der Waals surface area contributed by atoms with E-state index in [4.69, 9.17) is 15.2 Å². The number of carbonyl (C=O) groups is 2. The van der Waals surface area contributed by atoms with Crippen molar-refractivity contribution in [2.75, 3.05) is 31.6 Å². The topological polar surface area (TPSA) is 133 Å². The number of benzene rings is 1. The van der Waals surface area contributed by atoms with Crippen LogP contribution in [-0.4, -0.2) is 55.4 Å². The van der Waals surface area contributed by atoms with Gasteiger partial charge in [0.15, 0.2) is 11.5 Å². The molecule has 10 nitrogen and oxygen atoms in total. The van der Waals surface area contributed by atoms with Gasteiger partial charge in [0, 0.05) is 44.0 Å². The van der Waals surface area contributed by atoms with E-state index in [1.165, 1.54) is 21.1 Å². The number of nitrogens with zero attached hydrogens (tertiary/aromatic N) is 2. The molecule has 0 aliphatic carbocycles. The van der Waals surface area contributed by atoms with Crippen LogP contribution in [0, 0.1) is 5.92 Å². The molecule has 0 unspecified atom stereocenters. The Morgan fingerprint density at radius 2 is 1.77 bits per heavy atom. The molecule has 31 heavy (non-hydrogen) atoms. The fraction of sp³-hybridized carbons (Fsp3) is 0.400. The maximum absolute atomic E-state index is 12.9. The number of piperidine rings is 1. The first-order chi connectivity index (χ1) is 14.8. The van der Waals surface area contributed by atoms with Crippen molar-refractivity contribution >= 4 is 27.5 Å². The molecule has 1 aromatic heterocycles. The Morgan fingerprint density at radius 3 is 2.42 bits per heavy atom. The number of primary amides is 1. The van der Waals surface area contributed by atoms with Crippen molar-refractivity contribution in [1.82, 2.24) is 8.87 Å². The van der Waals surface area contributed by atoms with E-state index in [9.17, 15) is 18.0 Å². The second kappa shape index (κ2) is 8.23. The molecule has 2 aliphatic rings. The van der Waals surface area contributed by atoms with E-state index in [1.54, 1.807) is 25.2 Å². The van der Waals surface area contributed by atoms with Gasteiger partial charge in [-0.05, 0) is 31.0 Å². The van der Waals surface area contributed by atoms with Gasteiger partial charge in [-0.25, -0.2) is 8.42 Å². The standard InChI is InChI=1S/C20H24N4O6S/c1-23-12-15(11-16(23)19(21)25)31(27,28)24-6-4-13(5-7-24)20(26)22-14-2-3-17-18(10-14)30-9-8-29-17/h2-3,10-13H,4-9H2,1H3,(H2,21,25)(H,22,26). The number of rotatable bonds is 5. The number of anilines is 1. The van der Waals surface area contributed by atoms with Gasteiger partial charge in [-0.1, -0.05) is 0 Å². The lowest BCUT2D eigenvalue weighted by Gasteiger charge is -2.30. The van der Waals surface area contributed by atoms with E-state index < -0.39 is 15.9 Å². The Hall–Kier alpha value is -3.05. The molecule has 1 aromatic carbocycles. The molecule has 166 valence electrons. The minimum atomic E-state index is -3.77. The minimum Gasteiger partial charge on any atom is -0.486 e. The SMILES string of the molecule is Cn1cc(S(=O)(=O)N2CCC(C(=O)Nc3ccc4c(c3)OCCO4)CC2)cc1C(N)=O. The van der Waals surface area contributed by atoms with Crippen LogP contribution < -0.4 is 20.5 Å². The predicted octanol–water partition coefficient (Wildman–Crippen LogP) is 0.935. The van der Waals surface area contributed by atoms with Gasteiger partial charge in [-0.15, -0.1) is 0 Å². The third kappa shape index (κ3) is 4.23. The molecule has 0 radical (unpaired) electrons. The van der Waals surface area contributed by atoms with Gasteiger partial charge < -0.3 is 25.1 Å². The van der Waals surface area contributed by atoms with Crippen LogP contribution >= 0.6 is 0 Å². The molecule has 2 aliphatic heterocycles. The minimum absolute atomic E-state index is 0.0166. The summed E-state index contributed by atoms with van der Waals surface area (Å²) >= 11 is 0. The van der Waals surface area contributed by atoms with E-state index in [0.29, 0.717) is 43.2 Å². The van der Waals surface area contributed by atoms with Crippen LogP contribution in [0.5, 0.6) is 11.5 Å². The molecule has 4 rings (SSSR count).